The van der Waals surface area contributed by atoms with Crippen molar-refractivity contribution < 1.29 is 9.18 Å². The summed E-state index contributed by atoms with van der Waals surface area (Å²) in [6.45, 7) is 4.27. The van der Waals surface area contributed by atoms with E-state index in [9.17, 15) is 14.0 Å². The van der Waals surface area contributed by atoms with Gasteiger partial charge in [0.1, 0.15) is 10.5 Å². The topological polar surface area (TPSA) is 64.0 Å². The van der Waals surface area contributed by atoms with E-state index in [0.29, 0.717) is 15.4 Å². The van der Waals surface area contributed by atoms with E-state index in [0.717, 1.165) is 28.8 Å². The summed E-state index contributed by atoms with van der Waals surface area (Å²) in [5, 5.41) is 5.29. The van der Waals surface area contributed by atoms with Crippen LogP contribution < -0.4 is 10.9 Å². The van der Waals surface area contributed by atoms with Crippen LogP contribution >= 0.6 is 23.1 Å². The molecule has 2 aromatic carbocycles. The summed E-state index contributed by atoms with van der Waals surface area (Å²) < 4.78 is 15.4. The predicted octanol–water partition coefficient (Wildman–Crippen LogP) is 5.25. The maximum absolute atomic E-state index is 13.3. The lowest BCUT2D eigenvalue weighted by Crippen LogP contribution is -2.24. The molecule has 0 aliphatic heterocycles. The Kier molecular flexibility index (Phi) is 6.72. The molecule has 0 aliphatic rings. The Morgan fingerprint density at radius 2 is 1.97 bits per heavy atom. The second-order valence-electron chi connectivity index (χ2n) is 7.35. The highest BCUT2D eigenvalue weighted by Gasteiger charge is 2.16. The van der Waals surface area contributed by atoms with Crippen LogP contribution in [0.15, 0.2) is 63.9 Å². The molecule has 164 valence electrons. The van der Waals surface area contributed by atoms with Gasteiger partial charge in [-0.1, -0.05) is 49.0 Å². The number of carbonyl (C=O) groups is 1. The molecule has 0 saturated carbocycles. The van der Waals surface area contributed by atoms with Crippen molar-refractivity contribution in [1.82, 2.24) is 9.55 Å². The first-order valence-electron chi connectivity index (χ1n) is 10.2. The fourth-order valence-electron chi connectivity index (χ4n) is 3.45. The molecule has 0 unspecified atom stereocenters. The van der Waals surface area contributed by atoms with E-state index >= 15 is 0 Å². The van der Waals surface area contributed by atoms with Crippen LogP contribution in [0.5, 0.6) is 0 Å². The summed E-state index contributed by atoms with van der Waals surface area (Å²) in [5.74, 6) is -0.378. The molecule has 1 N–H and O–H groups in total. The number of hydrogen-bond acceptors (Lipinski definition) is 5. The number of para-hydroxylation sites is 1. The number of hydrogen-bond donors (Lipinski definition) is 1. The highest BCUT2D eigenvalue weighted by atomic mass is 32.2. The molecule has 4 aromatic rings. The number of fused-ring (bicyclic) bond motifs is 1. The molecule has 1 amide bonds. The lowest BCUT2D eigenvalue weighted by atomic mass is 10.1. The number of amides is 1. The first kappa shape index (κ1) is 22.2. The Bertz CT molecular complexity index is 1330. The number of thiophene rings is 1. The van der Waals surface area contributed by atoms with Gasteiger partial charge in [-0.25, -0.2) is 9.37 Å². The number of halogens is 1. The summed E-state index contributed by atoms with van der Waals surface area (Å²) in [4.78, 5) is 30.4. The van der Waals surface area contributed by atoms with E-state index in [1.807, 2.05) is 37.4 Å². The molecule has 2 heterocycles. The Balaban J connectivity index is 1.59. The Labute approximate surface area is 193 Å². The number of aryl methyl sites for hydroxylation is 2. The quantitative estimate of drug-likeness (QED) is 0.298. The van der Waals surface area contributed by atoms with E-state index < -0.39 is 0 Å². The van der Waals surface area contributed by atoms with Crippen LogP contribution in [0.4, 0.5) is 10.1 Å². The number of aromatic nitrogens is 2. The maximum Gasteiger partial charge on any atom is 0.272 e. The van der Waals surface area contributed by atoms with Gasteiger partial charge in [0.05, 0.1) is 17.8 Å². The maximum atomic E-state index is 13.3. The normalized spacial score (nSPS) is 11.1. The highest BCUT2D eigenvalue weighted by molar-refractivity contribution is 7.99. The van der Waals surface area contributed by atoms with Crippen LogP contribution in [0, 0.1) is 12.7 Å². The molecule has 5 nitrogen and oxygen atoms in total. The van der Waals surface area contributed by atoms with Crippen molar-refractivity contribution >= 4 is 44.9 Å². The van der Waals surface area contributed by atoms with E-state index in [2.05, 4.69) is 10.3 Å². The van der Waals surface area contributed by atoms with Crippen LogP contribution in [-0.2, 0) is 17.8 Å². The molecular formula is C24H22FN3O2S2. The number of carbonyl (C=O) groups excluding carboxylic acids is 1. The number of anilines is 1. The van der Waals surface area contributed by atoms with E-state index in [-0.39, 0.29) is 29.6 Å². The minimum atomic E-state index is -0.332. The van der Waals surface area contributed by atoms with E-state index in [1.165, 1.54) is 35.2 Å². The zero-order chi connectivity index (χ0) is 22.7. The van der Waals surface area contributed by atoms with Crippen LogP contribution in [-0.4, -0.2) is 21.2 Å². The second kappa shape index (κ2) is 9.67. The number of thioether (sulfide) groups is 1. The molecule has 0 fully saturated rings. The summed E-state index contributed by atoms with van der Waals surface area (Å²) >= 11 is 2.56. The van der Waals surface area contributed by atoms with Crippen LogP contribution in [0.1, 0.15) is 23.6 Å². The van der Waals surface area contributed by atoms with E-state index in [1.54, 1.807) is 22.8 Å². The Morgan fingerprint density at radius 3 is 2.72 bits per heavy atom. The number of nitrogens with zero attached hydrogens (tertiary/aromatic N) is 2. The summed E-state index contributed by atoms with van der Waals surface area (Å²) in [5.41, 5.74) is 4.16. The first-order valence-corrected chi connectivity index (χ1v) is 12.1. The number of nitrogens with one attached hydrogen (secondary N) is 1. The average molecular weight is 468 g/mol. The second-order valence-corrected chi connectivity index (χ2v) is 9.21. The third-order valence-corrected chi connectivity index (χ3v) is 6.99. The first-order chi connectivity index (χ1) is 15.5. The van der Waals surface area contributed by atoms with Gasteiger partial charge in [-0.3, -0.25) is 14.2 Å². The van der Waals surface area contributed by atoms with Crippen molar-refractivity contribution in [3.05, 3.63) is 86.8 Å². The molecule has 8 heteroatoms. The lowest BCUT2D eigenvalue weighted by molar-refractivity contribution is -0.113. The van der Waals surface area contributed by atoms with Gasteiger partial charge in [0.2, 0.25) is 5.91 Å². The molecule has 0 radical (unpaired) electrons. The third-order valence-electron chi connectivity index (χ3n) is 5.12. The molecule has 4 rings (SSSR count). The average Bonchev–Trinajstić information content (AvgIpc) is 3.26. The summed E-state index contributed by atoms with van der Waals surface area (Å²) in [7, 11) is 0. The van der Waals surface area contributed by atoms with Crippen molar-refractivity contribution in [2.45, 2.75) is 32.0 Å². The predicted molar refractivity (Wildman–Crippen MR) is 129 cm³/mol. The monoisotopic (exact) mass is 467 g/mol. The molecule has 32 heavy (non-hydrogen) atoms. The van der Waals surface area contributed by atoms with Gasteiger partial charge in [-0.05, 0) is 53.6 Å². The van der Waals surface area contributed by atoms with Gasteiger partial charge in [-0.15, -0.1) is 11.3 Å². The van der Waals surface area contributed by atoms with Crippen LogP contribution in [0.3, 0.4) is 0 Å². The molecule has 0 saturated heterocycles. The molecular weight excluding hydrogens is 445 g/mol. The van der Waals surface area contributed by atoms with Crippen molar-refractivity contribution in [3.8, 4) is 0 Å². The van der Waals surface area contributed by atoms with Crippen molar-refractivity contribution in [2.75, 3.05) is 11.1 Å². The van der Waals surface area contributed by atoms with Crippen LogP contribution in [0.2, 0.25) is 0 Å². The Morgan fingerprint density at radius 1 is 1.19 bits per heavy atom. The van der Waals surface area contributed by atoms with Gasteiger partial charge < -0.3 is 5.32 Å². The van der Waals surface area contributed by atoms with Crippen molar-refractivity contribution in [1.29, 1.82) is 0 Å². The summed E-state index contributed by atoms with van der Waals surface area (Å²) in [6.07, 6.45) is 0.817. The minimum Gasteiger partial charge on any atom is -0.325 e. The number of benzene rings is 2. The molecule has 2 aromatic heterocycles. The zero-order valence-electron chi connectivity index (χ0n) is 17.7. The fraction of sp³-hybridized carbons (Fsp3) is 0.208. The van der Waals surface area contributed by atoms with Gasteiger partial charge in [0.15, 0.2) is 5.16 Å². The molecule has 0 aliphatic carbocycles. The molecule has 0 spiro atoms. The zero-order valence-corrected chi connectivity index (χ0v) is 19.4. The largest absolute Gasteiger partial charge is 0.325 e. The van der Waals surface area contributed by atoms with Crippen molar-refractivity contribution in [3.63, 3.8) is 0 Å². The van der Waals surface area contributed by atoms with Crippen LogP contribution in [0.25, 0.3) is 10.2 Å². The molecule has 0 atom stereocenters. The van der Waals surface area contributed by atoms with Gasteiger partial charge >= 0.3 is 0 Å². The van der Waals surface area contributed by atoms with Crippen molar-refractivity contribution in [2.24, 2.45) is 0 Å². The van der Waals surface area contributed by atoms with E-state index in [4.69, 9.17) is 0 Å². The van der Waals surface area contributed by atoms with Gasteiger partial charge in [0.25, 0.3) is 5.56 Å². The lowest BCUT2D eigenvalue weighted by Gasteiger charge is -2.14. The number of rotatable bonds is 7. The Hall–Kier alpha value is -2.97. The smallest absolute Gasteiger partial charge is 0.272 e. The third kappa shape index (κ3) is 4.76. The highest BCUT2D eigenvalue weighted by Crippen LogP contribution is 2.24. The fourth-order valence-corrected chi connectivity index (χ4v) is 5.03. The standard InChI is InChI=1S/C24H22FN3O2S2/c1-3-17-6-4-5-15(2)21(17)27-20(29)14-32-24-26-19-11-12-31-22(19)23(30)28(24)13-16-7-9-18(25)10-8-16/h4-12H,3,13-14H2,1-2H3,(H,27,29). The minimum absolute atomic E-state index is 0.114. The van der Waals surface area contributed by atoms with Gasteiger partial charge in [0, 0.05) is 5.69 Å². The SMILES string of the molecule is CCc1cccc(C)c1NC(=O)CSc1nc2ccsc2c(=O)n1Cc1ccc(F)cc1. The molecule has 0 bridgehead atoms. The summed E-state index contributed by atoms with van der Waals surface area (Å²) in [6, 6.07) is 13.8. The van der Waals surface area contributed by atoms with Gasteiger partial charge in [-0.2, -0.15) is 0 Å².